The van der Waals surface area contributed by atoms with Crippen molar-refractivity contribution in [2.24, 2.45) is 4.99 Å². The molecule has 8 heteroatoms. The smallest absolute Gasteiger partial charge is 0.194 e. The first-order valence-corrected chi connectivity index (χ1v) is 10.4. The van der Waals surface area contributed by atoms with Crippen molar-refractivity contribution in [2.45, 2.75) is 13.5 Å². The van der Waals surface area contributed by atoms with Crippen LogP contribution in [0, 0.1) is 0 Å². The van der Waals surface area contributed by atoms with Gasteiger partial charge in [0.25, 0.3) is 0 Å². The molecule has 0 bridgehead atoms. The number of halogens is 1. The number of aliphatic imine (C=N–C) groups is 1. The molecule has 1 fully saturated rings. The van der Waals surface area contributed by atoms with E-state index in [1.165, 1.54) is 0 Å². The molecule has 2 aromatic rings. The molecule has 0 amide bonds. The molecule has 1 aromatic carbocycles. The van der Waals surface area contributed by atoms with Gasteiger partial charge < -0.3 is 24.6 Å². The number of anilines is 1. The van der Waals surface area contributed by atoms with Gasteiger partial charge in [0, 0.05) is 38.9 Å². The van der Waals surface area contributed by atoms with E-state index >= 15 is 0 Å². The number of nitrogens with one attached hydrogen (secondary N) is 1. The van der Waals surface area contributed by atoms with E-state index in [4.69, 9.17) is 26.1 Å². The summed E-state index contributed by atoms with van der Waals surface area (Å²) in [5.74, 6) is 3.27. The Hall–Kier alpha value is -2.67. The van der Waals surface area contributed by atoms with Crippen molar-refractivity contribution in [3.8, 4) is 11.5 Å². The van der Waals surface area contributed by atoms with Crippen LogP contribution in [0.5, 0.6) is 11.5 Å². The van der Waals surface area contributed by atoms with Crippen LogP contribution in [-0.2, 0) is 6.54 Å². The number of nitrogens with zero attached hydrogens (tertiary/aromatic N) is 4. The predicted molar refractivity (Wildman–Crippen MR) is 115 cm³/mol. The van der Waals surface area contributed by atoms with Crippen LogP contribution < -0.4 is 19.7 Å². The van der Waals surface area contributed by atoms with E-state index in [0.717, 1.165) is 50.1 Å². The fraction of sp³-hybridized carbons (Fsp3) is 0.429. The van der Waals surface area contributed by atoms with Gasteiger partial charge in [0.05, 0.1) is 11.6 Å². The number of pyridine rings is 1. The highest BCUT2D eigenvalue weighted by Gasteiger charge is 2.21. The Bertz CT molecular complexity index is 854. The van der Waals surface area contributed by atoms with Crippen LogP contribution in [0.1, 0.15) is 12.5 Å². The van der Waals surface area contributed by atoms with Crippen LogP contribution in [0.25, 0.3) is 0 Å². The highest BCUT2D eigenvalue weighted by molar-refractivity contribution is 6.32. The number of piperazine rings is 1. The molecular formula is C21H26ClN5O2. The van der Waals surface area contributed by atoms with Crippen molar-refractivity contribution in [1.29, 1.82) is 0 Å². The monoisotopic (exact) mass is 415 g/mol. The molecule has 4 rings (SSSR count). The Labute approximate surface area is 176 Å². The van der Waals surface area contributed by atoms with Gasteiger partial charge >= 0.3 is 0 Å². The maximum Gasteiger partial charge on any atom is 0.194 e. The summed E-state index contributed by atoms with van der Waals surface area (Å²) in [7, 11) is 0. The second-order valence-corrected chi connectivity index (χ2v) is 7.34. The first kappa shape index (κ1) is 19.6. The van der Waals surface area contributed by atoms with Crippen LogP contribution in [0.2, 0.25) is 5.02 Å². The lowest BCUT2D eigenvalue weighted by Gasteiger charge is -2.37. The van der Waals surface area contributed by atoms with Gasteiger partial charge in [-0.05, 0) is 36.8 Å². The lowest BCUT2D eigenvalue weighted by atomic mass is 10.2. The third-order valence-corrected chi connectivity index (χ3v) is 5.24. The summed E-state index contributed by atoms with van der Waals surface area (Å²) >= 11 is 6.36. The number of fused-ring (bicyclic) bond motifs is 1. The quantitative estimate of drug-likeness (QED) is 0.612. The number of hydrogen-bond donors (Lipinski definition) is 1. The summed E-state index contributed by atoms with van der Waals surface area (Å²) < 4.78 is 11.3. The molecule has 7 nitrogen and oxygen atoms in total. The van der Waals surface area contributed by atoms with Crippen LogP contribution in [0.15, 0.2) is 41.5 Å². The van der Waals surface area contributed by atoms with Crippen molar-refractivity contribution >= 4 is 23.4 Å². The lowest BCUT2D eigenvalue weighted by molar-refractivity contribution is 0.171. The van der Waals surface area contributed by atoms with E-state index in [9.17, 15) is 0 Å². The van der Waals surface area contributed by atoms with Crippen molar-refractivity contribution in [1.82, 2.24) is 15.2 Å². The Morgan fingerprint density at radius 2 is 2.00 bits per heavy atom. The SMILES string of the molecule is CCNC(=NCc1cc(Cl)c2c(c1)OCCO2)N1CCN(c2ccccn2)CC1. The number of ether oxygens (including phenoxy) is 2. The van der Waals surface area contributed by atoms with Crippen LogP contribution in [0.4, 0.5) is 5.82 Å². The minimum atomic E-state index is 0.527. The van der Waals surface area contributed by atoms with Gasteiger partial charge in [-0.1, -0.05) is 17.7 Å². The molecule has 2 aliphatic rings. The molecule has 29 heavy (non-hydrogen) atoms. The fourth-order valence-corrected chi connectivity index (χ4v) is 3.82. The zero-order valence-electron chi connectivity index (χ0n) is 16.6. The van der Waals surface area contributed by atoms with Gasteiger partial charge in [0.2, 0.25) is 0 Å². The second kappa shape index (κ2) is 9.22. The average molecular weight is 416 g/mol. The molecule has 0 atom stereocenters. The zero-order chi connectivity index (χ0) is 20.1. The molecule has 154 valence electrons. The van der Waals surface area contributed by atoms with E-state index < -0.39 is 0 Å². The van der Waals surface area contributed by atoms with E-state index in [1.54, 1.807) is 0 Å². The van der Waals surface area contributed by atoms with Crippen molar-refractivity contribution in [3.63, 3.8) is 0 Å². The number of rotatable bonds is 4. The number of aromatic nitrogens is 1. The summed E-state index contributed by atoms with van der Waals surface area (Å²) in [6.07, 6.45) is 1.84. The van der Waals surface area contributed by atoms with Crippen LogP contribution >= 0.6 is 11.6 Å². The number of benzene rings is 1. The summed E-state index contributed by atoms with van der Waals surface area (Å²) in [5, 5.41) is 3.98. The third kappa shape index (κ3) is 4.67. The fourth-order valence-electron chi connectivity index (χ4n) is 3.54. The molecule has 0 spiro atoms. The van der Waals surface area contributed by atoms with Crippen LogP contribution in [-0.4, -0.2) is 61.8 Å². The predicted octanol–water partition coefficient (Wildman–Crippen LogP) is 2.79. The van der Waals surface area contributed by atoms with Crippen molar-refractivity contribution < 1.29 is 9.47 Å². The third-order valence-electron chi connectivity index (χ3n) is 4.96. The topological polar surface area (TPSA) is 62.2 Å². The van der Waals surface area contributed by atoms with Gasteiger partial charge in [0.1, 0.15) is 19.0 Å². The molecule has 0 unspecified atom stereocenters. The highest BCUT2D eigenvalue weighted by Crippen LogP contribution is 2.38. The maximum atomic E-state index is 6.36. The lowest BCUT2D eigenvalue weighted by Crippen LogP contribution is -2.52. The second-order valence-electron chi connectivity index (χ2n) is 6.93. The first-order chi connectivity index (χ1) is 14.2. The Morgan fingerprint density at radius 3 is 2.76 bits per heavy atom. The number of guanidine groups is 1. The molecular weight excluding hydrogens is 390 g/mol. The molecule has 0 saturated carbocycles. The summed E-state index contributed by atoms with van der Waals surface area (Å²) in [6, 6.07) is 9.90. The molecule has 0 aliphatic carbocycles. The normalized spacial score (nSPS) is 16.7. The first-order valence-electron chi connectivity index (χ1n) is 10.0. The average Bonchev–Trinajstić information content (AvgIpc) is 2.77. The van der Waals surface area contributed by atoms with E-state index in [1.807, 2.05) is 30.5 Å². The number of hydrogen-bond acceptors (Lipinski definition) is 5. The summed E-state index contributed by atoms with van der Waals surface area (Å²) in [5.41, 5.74) is 1.00. The molecule has 1 aromatic heterocycles. The summed E-state index contributed by atoms with van der Waals surface area (Å²) in [4.78, 5) is 13.9. The van der Waals surface area contributed by atoms with E-state index in [2.05, 4.69) is 33.1 Å². The minimum Gasteiger partial charge on any atom is -0.486 e. The Morgan fingerprint density at radius 1 is 1.17 bits per heavy atom. The largest absolute Gasteiger partial charge is 0.486 e. The molecule has 1 saturated heterocycles. The molecule has 0 radical (unpaired) electrons. The van der Waals surface area contributed by atoms with Gasteiger partial charge in [-0.25, -0.2) is 9.98 Å². The maximum absolute atomic E-state index is 6.36. The Kier molecular flexibility index (Phi) is 6.24. The van der Waals surface area contributed by atoms with Crippen molar-refractivity contribution in [3.05, 3.63) is 47.1 Å². The van der Waals surface area contributed by atoms with Gasteiger partial charge in [-0.3, -0.25) is 0 Å². The molecule has 2 aliphatic heterocycles. The molecule has 3 heterocycles. The molecule has 1 N–H and O–H groups in total. The van der Waals surface area contributed by atoms with Gasteiger partial charge in [-0.15, -0.1) is 0 Å². The van der Waals surface area contributed by atoms with Crippen molar-refractivity contribution in [2.75, 3.05) is 50.8 Å². The highest BCUT2D eigenvalue weighted by atomic mass is 35.5. The van der Waals surface area contributed by atoms with Gasteiger partial charge in [0.15, 0.2) is 17.5 Å². The Balaban J connectivity index is 1.43. The van der Waals surface area contributed by atoms with E-state index in [-0.39, 0.29) is 0 Å². The van der Waals surface area contributed by atoms with E-state index in [0.29, 0.717) is 36.3 Å². The standard InChI is InChI=1S/C21H26ClN5O2/c1-2-23-21(27-9-7-26(8-10-27)19-5-3-4-6-24-19)25-15-16-13-17(22)20-18(14-16)28-11-12-29-20/h3-6,13-14H,2,7-12,15H2,1H3,(H,23,25). The summed E-state index contributed by atoms with van der Waals surface area (Å²) in [6.45, 7) is 8.11. The van der Waals surface area contributed by atoms with Gasteiger partial charge in [-0.2, -0.15) is 0 Å². The zero-order valence-corrected chi connectivity index (χ0v) is 17.4. The van der Waals surface area contributed by atoms with Crippen LogP contribution in [0.3, 0.4) is 0 Å². The minimum absolute atomic E-state index is 0.527.